The van der Waals surface area contributed by atoms with Crippen LogP contribution in [0.3, 0.4) is 0 Å². The third-order valence-electron chi connectivity index (χ3n) is 3.41. The van der Waals surface area contributed by atoms with Crippen LogP contribution in [-0.4, -0.2) is 0 Å². The highest BCUT2D eigenvalue weighted by atomic mass is 19.1. The molecule has 3 rings (SSSR count). The van der Waals surface area contributed by atoms with E-state index >= 15 is 0 Å². The number of hydrogen-bond acceptors (Lipinski definition) is 1. The third kappa shape index (κ3) is 2.02. The Labute approximate surface area is 104 Å². The Morgan fingerprint density at radius 1 is 1.11 bits per heavy atom. The lowest BCUT2D eigenvalue weighted by Crippen LogP contribution is -2.15. The lowest BCUT2D eigenvalue weighted by molar-refractivity contribution is 0.537. The van der Waals surface area contributed by atoms with Crippen LogP contribution in [0.1, 0.15) is 22.7 Å². The van der Waals surface area contributed by atoms with Gasteiger partial charge in [-0.1, -0.05) is 30.3 Å². The van der Waals surface area contributed by atoms with Crippen molar-refractivity contribution in [3.05, 3.63) is 70.8 Å². The van der Waals surface area contributed by atoms with Crippen molar-refractivity contribution in [2.75, 3.05) is 0 Å². The number of halogens is 2. The highest BCUT2D eigenvalue weighted by Gasteiger charge is 2.22. The summed E-state index contributed by atoms with van der Waals surface area (Å²) in [5.74, 6) is -1.00. The first-order chi connectivity index (χ1) is 8.74. The molecule has 2 aromatic rings. The summed E-state index contributed by atoms with van der Waals surface area (Å²) < 4.78 is 26.5. The number of rotatable bonds is 2. The van der Waals surface area contributed by atoms with Crippen LogP contribution >= 0.6 is 0 Å². The highest BCUT2D eigenvalue weighted by molar-refractivity contribution is 5.35. The van der Waals surface area contributed by atoms with Gasteiger partial charge in [0.1, 0.15) is 11.6 Å². The zero-order valence-electron chi connectivity index (χ0n) is 9.79. The fraction of sp³-hybridized carbons (Fsp3) is 0.200. The number of fused-ring (bicyclic) bond motifs is 1. The topological polar surface area (TPSA) is 12.0 Å². The van der Waals surface area contributed by atoms with Crippen molar-refractivity contribution in [3.8, 4) is 0 Å². The van der Waals surface area contributed by atoms with Gasteiger partial charge in [0.15, 0.2) is 0 Å². The first-order valence-corrected chi connectivity index (χ1v) is 5.99. The van der Waals surface area contributed by atoms with E-state index in [-0.39, 0.29) is 6.04 Å². The monoisotopic (exact) mass is 245 g/mol. The van der Waals surface area contributed by atoms with Gasteiger partial charge in [-0.05, 0) is 29.2 Å². The SMILES string of the molecule is Fc1ccc(CC2NCc3ccccc32)c(F)c1. The molecular formula is C15H13F2N. The predicted octanol–water partition coefficient (Wildman–Crippen LogP) is 3.35. The second kappa shape index (κ2) is 4.50. The summed E-state index contributed by atoms with van der Waals surface area (Å²) in [4.78, 5) is 0. The van der Waals surface area contributed by atoms with E-state index in [0.717, 1.165) is 12.6 Å². The van der Waals surface area contributed by atoms with Crippen molar-refractivity contribution in [3.63, 3.8) is 0 Å². The Hall–Kier alpha value is -1.74. The molecule has 1 N–H and O–H groups in total. The molecule has 1 aliphatic heterocycles. The van der Waals surface area contributed by atoms with Crippen molar-refractivity contribution in [1.29, 1.82) is 0 Å². The maximum Gasteiger partial charge on any atom is 0.129 e. The van der Waals surface area contributed by atoms with E-state index in [4.69, 9.17) is 0 Å². The Morgan fingerprint density at radius 3 is 2.78 bits per heavy atom. The van der Waals surface area contributed by atoms with Crippen molar-refractivity contribution in [1.82, 2.24) is 5.32 Å². The lowest BCUT2D eigenvalue weighted by atomic mass is 9.98. The van der Waals surface area contributed by atoms with Gasteiger partial charge in [-0.15, -0.1) is 0 Å². The molecule has 0 amide bonds. The minimum absolute atomic E-state index is 0.112. The molecule has 0 spiro atoms. The molecule has 18 heavy (non-hydrogen) atoms. The van der Waals surface area contributed by atoms with E-state index in [9.17, 15) is 8.78 Å². The quantitative estimate of drug-likeness (QED) is 0.855. The highest BCUT2D eigenvalue weighted by Crippen LogP contribution is 2.28. The molecule has 0 bridgehead atoms. The predicted molar refractivity (Wildman–Crippen MR) is 66.1 cm³/mol. The van der Waals surface area contributed by atoms with Crippen LogP contribution in [-0.2, 0) is 13.0 Å². The third-order valence-corrected chi connectivity index (χ3v) is 3.41. The summed E-state index contributed by atoms with van der Waals surface area (Å²) in [6, 6.07) is 12.0. The molecule has 1 heterocycles. The Bertz CT molecular complexity index is 580. The van der Waals surface area contributed by atoms with E-state index < -0.39 is 11.6 Å². The van der Waals surface area contributed by atoms with Gasteiger partial charge in [0.25, 0.3) is 0 Å². The zero-order valence-corrected chi connectivity index (χ0v) is 9.79. The minimum Gasteiger partial charge on any atom is -0.306 e. The first kappa shape index (κ1) is 11.4. The second-order valence-corrected chi connectivity index (χ2v) is 4.57. The van der Waals surface area contributed by atoms with E-state index in [0.29, 0.717) is 12.0 Å². The lowest BCUT2D eigenvalue weighted by Gasteiger charge is -2.12. The van der Waals surface area contributed by atoms with Gasteiger partial charge in [-0.25, -0.2) is 8.78 Å². The van der Waals surface area contributed by atoms with Gasteiger partial charge in [0.2, 0.25) is 0 Å². The normalized spacial score (nSPS) is 17.8. The van der Waals surface area contributed by atoms with Crippen molar-refractivity contribution >= 4 is 0 Å². The molecular weight excluding hydrogens is 232 g/mol. The molecule has 3 heteroatoms. The van der Waals surface area contributed by atoms with Crippen molar-refractivity contribution in [2.45, 2.75) is 19.0 Å². The Morgan fingerprint density at radius 2 is 1.94 bits per heavy atom. The molecule has 1 nitrogen and oxygen atoms in total. The van der Waals surface area contributed by atoms with Gasteiger partial charge < -0.3 is 5.32 Å². The van der Waals surface area contributed by atoms with Gasteiger partial charge in [-0.2, -0.15) is 0 Å². The standard InChI is InChI=1S/C15H13F2N/c16-12-6-5-10(14(17)8-12)7-15-13-4-2-1-3-11(13)9-18-15/h1-6,8,15,18H,7,9H2. The molecule has 0 saturated carbocycles. The number of benzene rings is 2. The van der Waals surface area contributed by atoms with Gasteiger partial charge in [0, 0.05) is 18.7 Å². The van der Waals surface area contributed by atoms with Crippen molar-refractivity contribution in [2.24, 2.45) is 0 Å². The van der Waals surface area contributed by atoms with E-state index in [1.165, 1.54) is 23.3 Å². The maximum atomic E-state index is 13.6. The van der Waals surface area contributed by atoms with Gasteiger partial charge >= 0.3 is 0 Å². The minimum atomic E-state index is -0.531. The Balaban J connectivity index is 1.86. The largest absolute Gasteiger partial charge is 0.306 e. The van der Waals surface area contributed by atoms with Crippen molar-refractivity contribution < 1.29 is 8.78 Å². The first-order valence-electron chi connectivity index (χ1n) is 5.99. The van der Waals surface area contributed by atoms with E-state index in [2.05, 4.69) is 17.4 Å². The molecule has 2 aromatic carbocycles. The van der Waals surface area contributed by atoms with E-state index in [1.54, 1.807) is 0 Å². The van der Waals surface area contributed by atoms with Crippen LogP contribution in [0, 0.1) is 11.6 Å². The average molecular weight is 245 g/mol. The van der Waals surface area contributed by atoms with Crippen LogP contribution in [0.15, 0.2) is 42.5 Å². The molecule has 0 radical (unpaired) electrons. The number of nitrogens with one attached hydrogen (secondary N) is 1. The summed E-state index contributed by atoms with van der Waals surface area (Å²) in [6.45, 7) is 0.809. The average Bonchev–Trinajstić information content (AvgIpc) is 2.76. The fourth-order valence-electron chi connectivity index (χ4n) is 2.47. The second-order valence-electron chi connectivity index (χ2n) is 4.57. The maximum absolute atomic E-state index is 13.6. The summed E-state index contributed by atoms with van der Waals surface area (Å²) >= 11 is 0. The molecule has 1 unspecified atom stereocenters. The molecule has 1 atom stereocenters. The van der Waals surface area contributed by atoms with Gasteiger partial charge in [0.05, 0.1) is 0 Å². The molecule has 1 aliphatic rings. The van der Waals surface area contributed by atoms with Gasteiger partial charge in [-0.3, -0.25) is 0 Å². The van der Waals surface area contributed by atoms with Crippen LogP contribution in [0.4, 0.5) is 8.78 Å². The molecule has 0 saturated heterocycles. The molecule has 0 fully saturated rings. The molecule has 92 valence electrons. The Kier molecular flexibility index (Phi) is 2.84. The molecule has 0 aromatic heterocycles. The number of hydrogen-bond donors (Lipinski definition) is 1. The summed E-state index contributed by atoms with van der Waals surface area (Å²) in [5.41, 5.74) is 3.01. The summed E-state index contributed by atoms with van der Waals surface area (Å²) in [7, 11) is 0. The van der Waals surface area contributed by atoms with Crippen LogP contribution < -0.4 is 5.32 Å². The zero-order chi connectivity index (χ0) is 12.5. The van der Waals surface area contributed by atoms with Crippen LogP contribution in [0.25, 0.3) is 0 Å². The van der Waals surface area contributed by atoms with E-state index in [1.807, 2.05) is 12.1 Å². The van der Waals surface area contributed by atoms with Crippen LogP contribution in [0.2, 0.25) is 0 Å². The summed E-state index contributed by atoms with van der Waals surface area (Å²) in [6.07, 6.45) is 0.545. The van der Waals surface area contributed by atoms with Crippen LogP contribution in [0.5, 0.6) is 0 Å². The fourth-order valence-corrected chi connectivity index (χ4v) is 2.47. The molecule has 0 aliphatic carbocycles. The smallest absolute Gasteiger partial charge is 0.129 e. The summed E-state index contributed by atoms with van der Waals surface area (Å²) in [5, 5.41) is 3.35.